The molecule has 0 aromatic carbocycles. The van der Waals surface area contributed by atoms with Crippen LogP contribution in [0.1, 0.15) is 44.1 Å². The topological polar surface area (TPSA) is 68.3 Å². The molecule has 1 fully saturated rings. The summed E-state index contributed by atoms with van der Waals surface area (Å²) in [5.41, 5.74) is 6.92. The Morgan fingerprint density at radius 3 is 2.78 bits per heavy atom. The molecule has 3 N–H and O–H groups in total. The Hall–Kier alpha value is -1.29. The second kappa shape index (κ2) is 6.05. The van der Waals surface area contributed by atoms with Crippen molar-refractivity contribution >= 4 is 5.91 Å². The average Bonchev–Trinajstić information content (AvgIpc) is 2.91. The van der Waals surface area contributed by atoms with Crippen molar-refractivity contribution in [3.05, 3.63) is 24.2 Å². The van der Waals surface area contributed by atoms with Crippen LogP contribution >= 0.6 is 0 Å². The maximum Gasteiger partial charge on any atom is 0.220 e. The quantitative estimate of drug-likeness (QED) is 0.841. The molecular weight excluding hydrogens is 228 g/mol. The van der Waals surface area contributed by atoms with Gasteiger partial charge >= 0.3 is 0 Å². The zero-order valence-corrected chi connectivity index (χ0v) is 10.8. The molecule has 0 bridgehead atoms. The van der Waals surface area contributed by atoms with Gasteiger partial charge in [-0.25, -0.2) is 0 Å². The Bertz CT molecular complexity index is 367. The standard InChI is InChI=1S/C14H22N2O2/c15-11-14(5-2-1-3-6-14)8-13(17)16-9-12-4-7-18-10-12/h4,7,10H,1-3,5-6,8-9,11,15H2,(H,16,17). The fourth-order valence-corrected chi connectivity index (χ4v) is 2.75. The van der Waals surface area contributed by atoms with E-state index in [1.165, 1.54) is 19.3 Å². The van der Waals surface area contributed by atoms with Gasteiger partial charge in [0.05, 0.1) is 12.5 Å². The van der Waals surface area contributed by atoms with Crippen molar-refractivity contribution in [1.29, 1.82) is 0 Å². The fourth-order valence-electron chi connectivity index (χ4n) is 2.75. The highest BCUT2D eigenvalue weighted by Gasteiger charge is 2.32. The van der Waals surface area contributed by atoms with E-state index in [1.807, 2.05) is 6.07 Å². The molecule has 0 unspecified atom stereocenters. The van der Waals surface area contributed by atoms with Gasteiger partial charge in [0.15, 0.2) is 0 Å². The molecule has 0 saturated heterocycles. The van der Waals surface area contributed by atoms with Crippen molar-refractivity contribution < 1.29 is 9.21 Å². The number of carbonyl (C=O) groups is 1. The molecule has 1 amide bonds. The molecule has 1 aliphatic carbocycles. The van der Waals surface area contributed by atoms with Crippen molar-refractivity contribution in [1.82, 2.24) is 5.32 Å². The van der Waals surface area contributed by atoms with Gasteiger partial charge in [-0.15, -0.1) is 0 Å². The van der Waals surface area contributed by atoms with Crippen LogP contribution in [0.5, 0.6) is 0 Å². The monoisotopic (exact) mass is 250 g/mol. The van der Waals surface area contributed by atoms with Gasteiger partial charge in [-0.2, -0.15) is 0 Å². The second-order valence-corrected chi connectivity index (χ2v) is 5.35. The van der Waals surface area contributed by atoms with Crippen LogP contribution in [0, 0.1) is 5.41 Å². The van der Waals surface area contributed by atoms with Crippen LogP contribution < -0.4 is 11.1 Å². The molecule has 1 aliphatic rings. The molecule has 4 heteroatoms. The fraction of sp³-hybridized carbons (Fsp3) is 0.643. The first-order chi connectivity index (χ1) is 8.74. The van der Waals surface area contributed by atoms with Crippen molar-refractivity contribution in [3.8, 4) is 0 Å². The summed E-state index contributed by atoms with van der Waals surface area (Å²) in [7, 11) is 0. The summed E-state index contributed by atoms with van der Waals surface area (Å²) in [5, 5.41) is 2.94. The maximum absolute atomic E-state index is 12.0. The number of nitrogens with one attached hydrogen (secondary N) is 1. The third-order valence-electron chi connectivity index (χ3n) is 3.95. The Labute approximate surface area is 108 Å². The van der Waals surface area contributed by atoms with Gasteiger partial charge in [0.25, 0.3) is 0 Å². The first-order valence-electron chi connectivity index (χ1n) is 6.72. The lowest BCUT2D eigenvalue weighted by atomic mass is 9.71. The van der Waals surface area contributed by atoms with Crippen LogP contribution in [0.2, 0.25) is 0 Å². The summed E-state index contributed by atoms with van der Waals surface area (Å²) in [6.07, 6.45) is 9.67. The highest BCUT2D eigenvalue weighted by atomic mass is 16.3. The minimum atomic E-state index is 0.0404. The summed E-state index contributed by atoms with van der Waals surface area (Å²) < 4.78 is 4.97. The lowest BCUT2D eigenvalue weighted by molar-refractivity contribution is -0.124. The van der Waals surface area contributed by atoms with Crippen molar-refractivity contribution in [2.75, 3.05) is 6.54 Å². The van der Waals surface area contributed by atoms with Crippen LogP contribution in [0.25, 0.3) is 0 Å². The number of amides is 1. The second-order valence-electron chi connectivity index (χ2n) is 5.35. The number of hydrogen-bond donors (Lipinski definition) is 2. The number of carbonyl (C=O) groups excluding carboxylic acids is 1. The Kier molecular flexibility index (Phi) is 4.42. The van der Waals surface area contributed by atoms with E-state index in [0.29, 0.717) is 19.5 Å². The first kappa shape index (κ1) is 13.1. The Morgan fingerprint density at radius 2 is 2.17 bits per heavy atom. The molecule has 0 radical (unpaired) electrons. The van der Waals surface area contributed by atoms with E-state index in [4.69, 9.17) is 10.2 Å². The van der Waals surface area contributed by atoms with E-state index in [0.717, 1.165) is 18.4 Å². The van der Waals surface area contributed by atoms with Crippen LogP contribution in [0.3, 0.4) is 0 Å². The van der Waals surface area contributed by atoms with Gasteiger partial charge in [-0.3, -0.25) is 4.79 Å². The molecule has 0 spiro atoms. The number of rotatable bonds is 5. The summed E-state index contributed by atoms with van der Waals surface area (Å²) in [4.78, 5) is 12.0. The van der Waals surface area contributed by atoms with E-state index in [1.54, 1.807) is 12.5 Å². The van der Waals surface area contributed by atoms with Gasteiger partial charge in [-0.1, -0.05) is 19.3 Å². The molecule has 1 aromatic rings. The summed E-state index contributed by atoms with van der Waals surface area (Å²) in [5.74, 6) is 0.101. The van der Waals surface area contributed by atoms with E-state index in [9.17, 15) is 4.79 Å². The zero-order valence-electron chi connectivity index (χ0n) is 10.8. The van der Waals surface area contributed by atoms with Crippen LogP contribution in [0.15, 0.2) is 23.0 Å². The Morgan fingerprint density at radius 1 is 1.39 bits per heavy atom. The van der Waals surface area contributed by atoms with Gasteiger partial charge in [-0.05, 0) is 30.9 Å². The highest BCUT2D eigenvalue weighted by Crippen LogP contribution is 2.38. The smallest absolute Gasteiger partial charge is 0.220 e. The average molecular weight is 250 g/mol. The molecule has 2 rings (SSSR count). The van der Waals surface area contributed by atoms with E-state index in [2.05, 4.69) is 5.32 Å². The van der Waals surface area contributed by atoms with E-state index < -0.39 is 0 Å². The zero-order chi connectivity index (χ0) is 12.8. The molecule has 0 aliphatic heterocycles. The number of nitrogens with two attached hydrogens (primary N) is 1. The van der Waals surface area contributed by atoms with Crippen LogP contribution in [-0.4, -0.2) is 12.5 Å². The summed E-state index contributed by atoms with van der Waals surface area (Å²) >= 11 is 0. The molecule has 4 nitrogen and oxygen atoms in total. The molecule has 1 saturated carbocycles. The lowest BCUT2D eigenvalue weighted by Gasteiger charge is -2.35. The SMILES string of the molecule is NCC1(CC(=O)NCc2ccoc2)CCCCC1. The summed E-state index contributed by atoms with van der Waals surface area (Å²) in [6.45, 7) is 1.15. The normalized spacial score (nSPS) is 18.5. The highest BCUT2D eigenvalue weighted by molar-refractivity contribution is 5.76. The Balaban J connectivity index is 1.81. The van der Waals surface area contributed by atoms with Crippen LogP contribution in [-0.2, 0) is 11.3 Å². The molecule has 1 aromatic heterocycles. The third kappa shape index (κ3) is 3.35. The molecule has 100 valence electrons. The molecular formula is C14H22N2O2. The number of hydrogen-bond acceptors (Lipinski definition) is 3. The third-order valence-corrected chi connectivity index (χ3v) is 3.95. The minimum Gasteiger partial charge on any atom is -0.472 e. The van der Waals surface area contributed by atoms with Gasteiger partial charge in [0.1, 0.15) is 0 Å². The lowest BCUT2D eigenvalue weighted by Crippen LogP contribution is -2.38. The van der Waals surface area contributed by atoms with Crippen molar-refractivity contribution in [3.63, 3.8) is 0 Å². The van der Waals surface area contributed by atoms with Crippen LogP contribution in [0.4, 0.5) is 0 Å². The van der Waals surface area contributed by atoms with E-state index >= 15 is 0 Å². The minimum absolute atomic E-state index is 0.0404. The molecule has 18 heavy (non-hydrogen) atoms. The van der Waals surface area contributed by atoms with Crippen molar-refractivity contribution in [2.24, 2.45) is 11.1 Å². The van der Waals surface area contributed by atoms with E-state index in [-0.39, 0.29) is 11.3 Å². The van der Waals surface area contributed by atoms with Gasteiger partial charge < -0.3 is 15.5 Å². The largest absolute Gasteiger partial charge is 0.472 e. The van der Waals surface area contributed by atoms with Crippen molar-refractivity contribution in [2.45, 2.75) is 45.1 Å². The maximum atomic E-state index is 12.0. The number of furan rings is 1. The van der Waals surface area contributed by atoms with Gasteiger partial charge in [0, 0.05) is 18.5 Å². The predicted molar refractivity (Wildman–Crippen MR) is 69.7 cm³/mol. The van der Waals surface area contributed by atoms with Gasteiger partial charge in [0.2, 0.25) is 5.91 Å². The molecule has 1 heterocycles. The predicted octanol–water partition coefficient (Wildman–Crippen LogP) is 2.20. The molecule has 0 atom stereocenters. The summed E-state index contributed by atoms with van der Waals surface area (Å²) in [6, 6.07) is 1.86. The first-order valence-corrected chi connectivity index (χ1v) is 6.72.